The second kappa shape index (κ2) is 6.83. The minimum atomic E-state index is -0.879. The van der Waals surface area contributed by atoms with Crippen LogP contribution < -0.4 is 0 Å². The van der Waals surface area contributed by atoms with Crippen LogP contribution in [0.3, 0.4) is 0 Å². The van der Waals surface area contributed by atoms with Crippen molar-refractivity contribution in [2.24, 2.45) is 5.92 Å². The van der Waals surface area contributed by atoms with E-state index in [2.05, 4.69) is 0 Å². The highest BCUT2D eigenvalue weighted by atomic mass is 19.1. The molecule has 1 aromatic carbocycles. The van der Waals surface area contributed by atoms with Gasteiger partial charge in [-0.25, -0.2) is 8.78 Å². The Labute approximate surface area is 111 Å². The van der Waals surface area contributed by atoms with Crippen molar-refractivity contribution in [3.05, 3.63) is 35.4 Å². The number of benzene rings is 1. The molecule has 0 fully saturated rings. The van der Waals surface area contributed by atoms with Crippen molar-refractivity contribution in [3.63, 3.8) is 0 Å². The lowest BCUT2D eigenvalue weighted by atomic mass is 10.1. The molecule has 0 saturated carbocycles. The van der Waals surface area contributed by atoms with Crippen molar-refractivity contribution in [3.8, 4) is 6.07 Å². The summed E-state index contributed by atoms with van der Waals surface area (Å²) in [7, 11) is 0. The first-order valence-corrected chi connectivity index (χ1v) is 6.07. The first-order valence-electron chi connectivity index (χ1n) is 6.07. The van der Waals surface area contributed by atoms with Crippen LogP contribution in [0.25, 0.3) is 0 Å². The lowest BCUT2D eigenvalue weighted by Gasteiger charge is -2.24. The molecule has 102 valence electrons. The van der Waals surface area contributed by atoms with Crippen LogP contribution in [0.1, 0.15) is 30.6 Å². The Kier molecular flexibility index (Phi) is 5.43. The zero-order chi connectivity index (χ0) is 14.4. The van der Waals surface area contributed by atoms with Crippen molar-refractivity contribution in [2.45, 2.75) is 20.3 Å². The number of rotatable bonds is 5. The zero-order valence-electron chi connectivity index (χ0n) is 11.0. The minimum absolute atomic E-state index is 0.133. The minimum Gasteiger partial charge on any atom is -0.337 e. The monoisotopic (exact) mass is 266 g/mol. The second-order valence-corrected chi connectivity index (χ2v) is 4.65. The van der Waals surface area contributed by atoms with E-state index in [0.717, 1.165) is 12.1 Å². The molecule has 0 heterocycles. The number of halogens is 2. The number of nitriles is 1. The topological polar surface area (TPSA) is 44.1 Å². The molecular formula is C14H16F2N2O. The summed E-state index contributed by atoms with van der Waals surface area (Å²) in [6.45, 7) is 4.31. The van der Waals surface area contributed by atoms with Crippen LogP contribution in [-0.2, 0) is 0 Å². The summed E-state index contributed by atoms with van der Waals surface area (Å²) < 4.78 is 27.1. The van der Waals surface area contributed by atoms with E-state index in [-0.39, 0.29) is 18.9 Å². The molecule has 0 atom stereocenters. The van der Waals surface area contributed by atoms with Crippen LogP contribution in [0.2, 0.25) is 0 Å². The largest absolute Gasteiger partial charge is 0.337 e. The lowest BCUT2D eigenvalue weighted by molar-refractivity contribution is 0.0730. The van der Waals surface area contributed by atoms with Crippen LogP contribution in [-0.4, -0.2) is 23.9 Å². The molecule has 19 heavy (non-hydrogen) atoms. The van der Waals surface area contributed by atoms with Gasteiger partial charge in [0.25, 0.3) is 5.91 Å². The Balaban J connectivity index is 3.01. The van der Waals surface area contributed by atoms with Crippen molar-refractivity contribution < 1.29 is 13.6 Å². The number of hydrogen-bond donors (Lipinski definition) is 0. The highest BCUT2D eigenvalue weighted by Crippen LogP contribution is 2.16. The quantitative estimate of drug-likeness (QED) is 0.822. The first-order chi connectivity index (χ1) is 8.97. The molecule has 1 amide bonds. The van der Waals surface area contributed by atoms with Gasteiger partial charge in [-0.2, -0.15) is 5.26 Å². The highest BCUT2D eigenvalue weighted by Gasteiger charge is 2.23. The van der Waals surface area contributed by atoms with Gasteiger partial charge in [0.2, 0.25) is 0 Å². The Hall–Kier alpha value is -1.96. The van der Waals surface area contributed by atoms with E-state index in [0.29, 0.717) is 6.54 Å². The average Bonchev–Trinajstić information content (AvgIpc) is 2.33. The smallest absolute Gasteiger partial charge is 0.259 e. The van der Waals surface area contributed by atoms with Crippen molar-refractivity contribution in [1.82, 2.24) is 4.90 Å². The maximum Gasteiger partial charge on any atom is 0.259 e. The summed E-state index contributed by atoms with van der Waals surface area (Å²) >= 11 is 0. The molecule has 1 rings (SSSR count). The Bertz CT molecular complexity index is 474. The number of hydrogen-bond acceptors (Lipinski definition) is 2. The van der Waals surface area contributed by atoms with Gasteiger partial charge in [0.15, 0.2) is 0 Å². The Morgan fingerprint density at radius 1 is 1.37 bits per heavy atom. The SMILES string of the molecule is CC(C)CN(CCC#N)C(=O)c1c(F)cccc1F. The molecule has 5 heteroatoms. The maximum absolute atomic E-state index is 13.6. The van der Waals surface area contributed by atoms with Crippen LogP contribution in [0.4, 0.5) is 8.78 Å². The summed E-state index contributed by atoms with van der Waals surface area (Å²) in [5.74, 6) is -2.32. The van der Waals surface area contributed by atoms with Gasteiger partial charge in [-0.05, 0) is 18.1 Å². The third-order valence-electron chi connectivity index (χ3n) is 2.54. The average molecular weight is 266 g/mol. The van der Waals surface area contributed by atoms with E-state index in [9.17, 15) is 13.6 Å². The molecule has 0 aliphatic heterocycles. The van der Waals surface area contributed by atoms with Crippen molar-refractivity contribution in [2.75, 3.05) is 13.1 Å². The van der Waals surface area contributed by atoms with E-state index in [1.165, 1.54) is 11.0 Å². The van der Waals surface area contributed by atoms with Gasteiger partial charge in [0.1, 0.15) is 17.2 Å². The molecule has 0 saturated heterocycles. The summed E-state index contributed by atoms with van der Waals surface area (Å²) in [5, 5.41) is 8.57. The van der Waals surface area contributed by atoms with Crippen molar-refractivity contribution >= 4 is 5.91 Å². The van der Waals surface area contributed by atoms with Gasteiger partial charge in [0.05, 0.1) is 12.5 Å². The normalized spacial score (nSPS) is 10.3. The van der Waals surface area contributed by atoms with Gasteiger partial charge in [-0.15, -0.1) is 0 Å². The molecule has 0 aliphatic carbocycles. The third kappa shape index (κ3) is 4.02. The molecule has 0 spiro atoms. The van der Waals surface area contributed by atoms with E-state index in [1.807, 2.05) is 19.9 Å². The van der Waals surface area contributed by atoms with Crippen molar-refractivity contribution in [1.29, 1.82) is 5.26 Å². The molecule has 0 N–H and O–H groups in total. The lowest BCUT2D eigenvalue weighted by Crippen LogP contribution is -2.36. The molecule has 3 nitrogen and oxygen atoms in total. The Morgan fingerprint density at radius 3 is 2.42 bits per heavy atom. The van der Waals surface area contributed by atoms with Gasteiger partial charge in [0, 0.05) is 13.1 Å². The highest BCUT2D eigenvalue weighted by molar-refractivity contribution is 5.94. The van der Waals surface area contributed by atoms with Gasteiger partial charge in [-0.1, -0.05) is 19.9 Å². The number of nitrogens with zero attached hydrogens (tertiary/aromatic N) is 2. The van der Waals surface area contributed by atoms with Crippen LogP contribution in [0, 0.1) is 28.9 Å². The number of carbonyl (C=O) groups excluding carboxylic acids is 1. The fourth-order valence-corrected chi connectivity index (χ4v) is 1.76. The summed E-state index contributed by atoms with van der Waals surface area (Å²) in [5.41, 5.74) is -0.555. The zero-order valence-corrected chi connectivity index (χ0v) is 11.0. The molecule has 0 aliphatic rings. The number of amides is 1. The van der Waals surface area contributed by atoms with Gasteiger partial charge < -0.3 is 4.90 Å². The molecule has 0 radical (unpaired) electrons. The van der Waals surface area contributed by atoms with Crippen LogP contribution in [0.15, 0.2) is 18.2 Å². The summed E-state index contributed by atoms with van der Waals surface area (Å²) in [6.07, 6.45) is 0.133. The molecule has 0 bridgehead atoms. The summed E-state index contributed by atoms with van der Waals surface area (Å²) in [6, 6.07) is 5.24. The van der Waals surface area contributed by atoms with Gasteiger partial charge >= 0.3 is 0 Å². The Morgan fingerprint density at radius 2 is 1.95 bits per heavy atom. The predicted octanol–water partition coefficient (Wildman–Crippen LogP) is 2.98. The molecule has 0 unspecified atom stereocenters. The van der Waals surface area contributed by atoms with E-state index < -0.39 is 23.1 Å². The second-order valence-electron chi connectivity index (χ2n) is 4.65. The van der Waals surface area contributed by atoms with E-state index in [4.69, 9.17) is 5.26 Å². The molecular weight excluding hydrogens is 250 g/mol. The predicted molar refractivity (Wildman–Crippen MR) is 67.3 cm³/mol. The number of carbonyl (C=O) groups is 1. The fourth-order valence-electron chi connectivity index (χ4n) is 1.76. The van der Waals surface area contributed by atoms with Crippen LogP contribution >= 0.6 is 0 Å². The summed E-state index contributed by atoms with van der Waals surface area (Å²) in [4.78, 5) is 13.5. The maximum atomic E-state index is 13.6. The fraction of sp³-hybridized carbons (Fsp3) is 0.429. The first kappa shape index (κ1) is 15.1. The molecule has 0 aromatic heterocycles. The van der Waals surface area contributed by atoms with E-state index in [1.54, 1.807) is 0 Å². The third-order valence-corrected chi connectivity index (χ3v) is 2.54. The van der Waals surface area contributed by atoms with Crippen LogP contribution in [0.5, 0.6) is 0 Å². The van der Waals surface area contributed by atoms with E-state index >= 15 is 0 Å². The molecule has 1 aromatic rings. The standard InChI is InChI=1S/C14H16F2N2O/c1-10(2)9-18(8-4-7-17)14(19)13-11(15)5-3-6-12(13)16/h3,5-6,10H,4,8-9H2,1-2H3. The van der Waals surface area contributed by atoms with Gasteiger partial charge in [-0.3, -0.25) is 4.79 Å².